The van der Waals surface area contributed by atoms with Crippen LogP contribution >= 0.6 is 0 Å². The summed E-state index contributed by atoms with van der Waals surface area (Å²) >= 11 is 0. The first kappa shape index (κ1) is 26.6. The summed E-state index contributed by atoms with van der Waals surface area (Å²) in [5, 5.41) is 0. The molecule has 7 heteroatoms. The molecule has 0 aliphatic carbocycles. The van der Waals surface area contributed by atoms with Crippen LogP contribution in [-0.2, 0) is 22.0 Å². The quantitative estimate of drug-likeness (QED) is 0.425. The van der Waals surface area contributed by atoms with E-state index in [1.165, 1.54) is 11.6 Å². The van der Waals surface area contributed by atoms with Crippen LogP contribution in [0.5, 0.6) is 0 Å². The molecule has 37 heavy (non-hydrogen) atoms. The van der Waals surface area contributed by atoms with Gasteiger partial charge in [-0.05, 0) is 60.7 Å². The lowest BCUT2D eigenvalue weighted by Gasteiger charge is -2.35. The molecule has 194 valence electrons. The highest BCUT2D eigenvalue weighted by molar-refractivity contribution is 7.90. The summed E-state index contributed by atoms with van der Waals surface area (Å²) in [5.74, 6) is -0.366. The van der Waals surface area contributed by atoms with E-state index in [9.17, 15) is 18.0 Å². The summed E-state index contributed by atoms with van der Waals surface area (Å²) in [4.78, 5) is 29.7. The SMILES string of the molecule is CCCCc1ccc(CS(=O)(=O)c2ccc(C)c(C(=O)N3CCN(C(=O)c4ccccc4)CC3)c2)cc1. The molecule has 1 heterocycles. The Morgan fingerprint density at radius 2 is 1.38 bits per heavy atom. The van der Waals surface area contributed by atoms with Crippen molar-refractivity contribution in [3.8, 4) is 0 Å². The van der Waals surface area contributed by atoms with E-state index in [4.69, 9.17) is 0 Å². The molecule has 4 rings (SSSR count). The largest absolute Gasteiger partial charge is 0.335 e. The topological polar surface area (TPSA) is 74.8 Å². The molecule has 0 aromatic heterocycles. The van der Waals surface area contributed by atoms with Crippen molar-refractivity contribution in [3.63, 3.8) is 0 Å². The maximum Gasteiger partial charge on any atom is 0.254 e. The minimum atomic E-state index is -3.62. The lowest BCUT2D eigenvalue weighted by Crippen LogP contribution is -2.50. The fraction of sp³-hybridized carbons (Fsp3) is 0.333. The number of rotatable bonds is 8. The molecule has 0 unspecified atom stereocenters. The van der Waals surface area contributed by atoms with Gasteiger partial charge in [0.05, 0.1) is 10.6 Å². The maximum atomic E-state index is 13.4. The predicted octanol–water partition coefficient (Wildman–Crippen LogP) is 4.91. The van der Waals surface area contributed by atoms with Crippen LogP contribution in [0.15, 0.2) is 77.7 Å². The molecular formula is C30H34N2O4S. The number of unbranched alkanes of at least 4 members (excludes halogenated alkanes) is 1. The van der Waals surface area contributed by atoms with Gasteiger partial charge in [-0.15, -0.1) is 0 Å². The summed E-state index contributed by atoms with van der Waals surface area (Å²) in [5.41, 5.74) is 3.68. The van der Waals surface area contributed by atoms with Gasteiger partial charge in [-0.1, -0.05) is 61.9 Å². The lowest BCUT2D eigenvalue weighted by molar-refractivity contribution is 0.0535. The average Bonchev–Trinajstić information content (AvgIpc) is 2.92. The highest BCUT2D eigenvalue weighted by Gasteiger charge is 2.27. The van der Waals surface area contributed by atoms with Crippen molar-refractivity contribution in [2.24, 2.45) is 0 Å². The Morgan fingerprint density at radius 1 is 0.784 bits per heavy atom. The van der Waals surface area contributed by atoms with Crippen molar-refractivity contribution < 1.29 is 18.0 Å². The van der Waals surface area contributed by atoms with E-state index in [1.807, 2.05) is 49.4 Å². The van der Waals surface area contributed by atoms with E-state index in [1.54, 1.807) is 34.1 Å². The van der Waals surface area contributed by atoms with E-state index >= 15 is 0 Å². The van der Waals surface area contributed by atoms with E-state index in [2.05, 4.69) is 6.92 Å². The number of carbonyl (C=O) groups excluding carboxylic acids is 2. The van der Waals surface area contributed by atoms with Gasteiger partial charge in [0, 0.05) is 37.3 Å². The zero-order valence-electron chi connectivity index (χ0n) is 21.5. The van der Waals surface area contributed by atoms with Crippen LogP contribution in [0.2, 0.25) is 0 Å². The summed E-state index contributed by atoms with van der Waals surface area (Å²) in [6, 6.07) is 21.6. The summed E-state index contributed by atoms with van der Waals surface area (Å²) in [6.45, 7) is 5.63. The molecular weight excluding hydrogens is 484 g/mol. The predicted molar refractivity (Wildman–Crippen MR) is 145 cm³/mol. The Morgan fingerprint density at radius 3 is 2.00 bits per heavy atom. The second-order valence-corrected chi connectivity index (χ2v) is 11.6. The number of piperazine rings is 1. The van der Waals surface area contributed by atoms with Crippen LogP contribution in [-0.4, -0.2) is 56.2 Å². The van der Waals surface area contributed by atoms with Crippen LogP contribution in [0.25, 0.3) is 0 Å². The molecule has 1 fully saturated rings. The van der Waals surface area contributed by atoms with Crippen LogP contribution in [0, 0.1) is 6.92 Å². The summed E-state index contributed by atoms with van der Waals surface area (Å²) in [7, 11) is -3.62. The van der Waals surface area contributed by atoms with Crippen LogP contribution < -0.4 is 0 Å². The maximum absolute atomic E-state index is 13.4. The third-order valence-electron chi connectivity index (χ3n) is 6.87. The van der Waals surface area contributed by atoms with Gasteiger partial charge in [0.1, 0.15) is 0 Å². The first-order valence-corrected chi connectivity index (χ1v) is 14.5. The van der Waals surface area contributed by atoms with Gasteiger partial charge in [-0.2, -0.15) is 0 Å². The fourth-order valence-corrected chi connectivity index (χ4v) is 5.93. The third-order valence-corrected chi connectivity index (χ3v) is 8.56. The van der Waals surface area contributed by atoms with Crippen LogP contribution in [0.1, 0.15) is 57.2 Å². The Kier molecular flexibility index (Phi) is 8.44. The number of hydrogen-bond donors (Lipinski definition) is 0. The van der Waals surface area contributed by atoms with Gasteiger partial charge in [0.25, 0.3) is 11.8 Å². The molecule has 1 saturated heterocycles. The van der Waals surface area contributed by atoms with Gasteiger partial charge in [0.2, 0.25) is 0 Å². The molecule has 0 N–H and O–H groups in total. The Bertz CT molecular complexity index is 1340. The highest BCUT2D eigenvalue weighted by atomic mass is 32.2. The van der Waals surface area contributed by atoms with Gasteiger partial charge in [-0.25, -0.2) is 8.42 Å². The number of nitrogens with zero attached hydrogens (tertiary/aromatic N) is 2. The van der Waals surface area contributed by atoms with E-state index in [-0.39, 0.29) is 22.5 Å². The van der Waals surface area contributed by atoms with Crippen molar-refractivity contribution in [2.45, 2.75) is 43.8 Å². The standard InChI is InChI=1S/C30H34N2O4S/c1-3-4-8-24-12-14-25(15-13-24)22-37(35,36)27-16-11-23(2)28(21-27)30(34)32-19-17-31(18-20-32)29(33)26-9-6-5-7-10-26/h5-7,9-16,21H,3-4,8,17-20,22H2,1-2H3. The van der Waals surface area contributed by atoms with Gasteiger partial charge >= 0.3 is 0 Å². The van der Waals surface area contributed by atoms with Crippen molar-refractivity contribution in [1.82, 2.24) is 9.80 Å². The average molecular weight is 519 g/mol. The third kappa shape index (κ3) is 6.46. The Balaban J connectivity index is 1.43. The summed E-state index contributed by atoms with van der Waals surface area (Å²) in [6.07, 6.45) is 3.21. The molecule has 3 aromatic rings. The van der Waals surface area contributed by atoms with Crippen molar-refractivity contribution in [3.05, 3.63) is 101 Å². The van der Waals surface area contributed by atoms with Gasteiger partial charge in [0.15, 0.2) is 9.84 Å². The zero-order chi connectivity index (χ0) is 26.4. The number of amides is 2. The monoisotopic (exact) mass is 518 g/mol. The minimum absolute atomic E-state index is 0.0460. The number of aryl methyl sites for hydroxylation is 2. The second-order valence-electron chi connectivity index (χ2n) is 9.61. The molecule has 6 nitrogen and oxygen atoms in total. The molecule has 0 atom stereocenters. The van der Waals surface area contributed by atoms with Gasteiger partial charge < -0.3 is 9.80 Å². The number of sulfone groups is 1. The Labute approximate surface area is 219 Å². The Hall–Kier alpha value is -3.45. The summed E-state index contributed by atoms with van der Waals surface area (Å²) < 4.78 is 26.4. The molecule has 0 bridgehead atoms. The van der Waals surface area contributed by atoms with E-state index in [0.29, 0.717) is 37.3 Å². The zero-order valence-corrected chi connectivity index (χ0v) is 22.3. The molecule has 0 saturated carbocycles. The van der Waals surface area contributed by atoms with E-state index < -0.39 is 9.84 Å². The van der Waals surface area contributed by atoms with Crippen LogP contribution in [0.3, 0.4) is 0 Å². The number of benzene rings is 3. The fourth-order valence-electron chi connectivity index (χ4n) is 4.56. The number of hydrogen-bond acceptors (Lipinski definition) is 4. The number of carbonyl (C=O) groups is 2. The highest BCUT2D eigenvalue weighted by Crippen LogP contribution is 2.22. The molecule has 2 amide bonds. The van der Waals surface area contributed by atoms with Crippen molar-refractivity contribution >= 4 is 21.7 Å². The normalized spacial score (nSPS) is 14.0. The first-order chi connectivity index (χ1) is 17.8. The molecule has 1 aliphatic heterocycles. The van der Waals surface area contributed by atoms with Crippen LogP contribution in [0.4, 0.5) is 0 Å². The van der Waals surface area contributed by atoms with E-state index in [0.717, 1.165) is 30.4 Å². The molecule has 0 spiro atoms. The molecule has 3 aromatic carbocycles. The first-order valence-electron chi connectivity index (χ1n) is 12.8. The second kappa shape index (κ2) is 11.7. The lowest BCUT2D eigenvalue weighted by atomic mass is 10.1. The molecule has 1 aliphatic rings. The van der Waals surface area contributed by atoms with Crippen molar-refractivity contribution in [1.29, 1.82) is 0 Å². The minimum Gasteiger partial charge on any atom is -0.335 e. The smallest absolute Gasteiger partial charge is 0.254 e. The van der Waals surface area contributed by atoms with Crippen molar-refractivity contribution in [2.75, 3.05) is 26.2 Å². The molecule has 0 radical (unpaired) electrons. The van der Waals surface area contributed by atoms with Gasteiger partial charge in [-0.3, -0.25) is 9.59 Å².